The molecule has 1 N–H and O–H groups in total. The Labute approximate surface area is 95.8 Å². The molecule has 0 aliphatic carbocycles. The largest absolute Gasteiger partial charge is 0.451 e. The molecule has 0 fully saturated rings. The molecule has 1 aliphatic heterocycles. The van der Waals surface area contributed by atoms with E-state index in [0.29, 0.717) is 6.42 Å². The van der Waals surface area contributed by atoms with Gasteiger partial charge in [0.15, 0.2) is 0 Å². The maximum atomic E-state index is 12.7. The Morgan fingerprint density at radius 2 is 2.24 bits per heavy atom. The number of hydrogen-bond donors (Lipinski definition) is 1. The number of hydrazone groups is 1. The van der Waals surface area contributed by atoms with Gasteiger partial charge in [-0.3, -0.25) is 0 Å². The van der Waals surface area contributed by atoms with Gasteiger partial charge in [-0.05, 0) is 6.42 Å². The van der Waals surface area contributed by atoms with Crippen LogP contribution in [0.25, 0.3) is 0 Å². The molecule has 0 aromatic rings. The van der Waals surface area contributed by atoms with Crippen LogP contribution in [0.4, 0.5) is 18.0 Å². The quantitative estimate of drug-likeness (QED) is 0.818. The first-order valence-corrected chi connectivity index (χ1v) is 5.00. The second kappa shape index (κ2) is 4.52. The van der Waals surface area contributed by atoms with E-state index in [4.69, 9.17) is 0 Å². The highest BCUT2D eigenvalue weighted by Crippen LogP contribution is 2.41. The molecular weight excluding hydrogens is 241 g/mol. The topological polar surface area (TPSA) is 62.1 Å². The molecule has 1 heterocycles. The molecule has 0 aromatic heterocycles. The summed E-state index contributed by atoms with van der Waals surface area (Å²) in [5, 5.41) is 13.0. The molecule has 17 heavy (non-hydrogen) atoms. The zero-order valence-electron chi connectivity index (χ0n) is 9.41. The van der Waals surface area contributed by atoms with Gasteiger partial charge >= 0.3 is 12.3 Å². The maximum Gasteiger partial charge on any atom is 0.439 e. The highest BCUT2D eigenvalue weighted by molar-refractivity contribution is 5.89. The average Bonchev–Trinajstić information content (AvgIpc) is 2.56. The van der Waals surface area contributed by atoms with Gasteiger partial charge in [-0.2, -0.15) is 23.3 Å². The van der Waals surface area contributed by atoms with Crippen molar-refractivity contribution in [2.45, 2.75) is 38.1 Å². The molecule has 0 spiro atoms. The summed E-state index contributed by atoms with van der Waals surface area (Å²) in [5.41, 5.74) is -3.18. The fourth-order valence-electron chi connectivity index (χ4n) is 1.54. The first-order chi connectivity index (χ1) is 7.76. The Kier molecular flexibility index (Phi) is 3.65. The smallest absolute Gasteiger partial charge is 0.439 e. The van der Waals surface area contributed by atoms with Crippen LogP contribution in [0.2, 0.25) is 0 Å². The lowest BCUT2D eigenvalue weighted by atomic mass is 10.0. The first-order valence-electron chi connectivity index (χ1n) is 5.00. The van der Waals surface area contributed by atoms with Crippen LogP contribution < -0.4 is 0 Å². The zero-order valence-corrected chi connectivity index (χ0v) is 9.41. The number of alkyl halides is 3. The first kappa shape index (κ1) is 13.8. The van der Waals surface area contributed by atoms with E-state index >= 15 is 0 Å². The Morgan fingerprint density at radius 1 is 1.65 bits per heavy atom. The molecule has 1 rings (SSSR count). The lowest BCUT2D eigenvalue weighted by Gasteiger charge is -2.31. The van der Waals surface area contributed by atoms with Crippen LogP contribution in [0.15, 0.2) is 5.10 Å². The Hall–Kier alpha value is -1.31. The van der Waals surface area contributed by atoms with Crippen LogP contribution in [0.1, 0.15) is 26.2 Å². The number of amides is 1. The second-order valence-corrected chi connectivity index (χ2v) is 3.69. The predicted octanol–water partition coefficient (Wildman–Crippen LogP) is 1.87. The highest BCUT2D eigenvalue weighted by atomic mass is 19.4. The van der Waals surface area contributed by atoms with Crippen LogP contribution in [-0.4, -0.2) is 40.9 Å². The van der Waals surface area contributed by atoms with Gasteiger partial charge in [-0.15, -0.1) is 0 Å². The Bertz CT molecular complexity index is 343. The second-order valence-electron chi connectivity index (χ2n) is 3.69. The highest BCUT2D eigenvalue weighted by Gasteiger charge is 2.63. The number of ether oxygens (including phenoxy) is 1. The van der Waals surface area contributed by atoms with E-state index in [0.717, 1.165) is 7.11 Å². The predicted molar refractivity (Wildman–Crippen MR) is 52.2 cm³/mol. The van der Waals surface area contributed by atoms with Gasteiger partial charge in [0.05, 0.1) is 7.11 Å². The van der Waals surface area contributed by atoms with E-state index in [-0.39, 0.29) is 17.1 Å². The van der Waals surface area contributed by atoms with Crippen LogP contribution in [0.3, 0.4) is 0 Å². The van der Waals surface area contributed by atoms with E-state index in [1.54, 1.807) is 6.92 Å². The molecule has 0 saturated heterocycles. The Morgan fingerprint density at radius 3 is 2.65 bits per heavy atom. The van der Waals surface area contributed by atoms with E-state index in [2.05, 4.69) is 9.84 Å². The fourth-order valence-corrected chi connectivity index (χ4v) is 1.54. The minimum atomic E-state index is -4.99. The molecule has 1 atom stereocenters. The van der Waals surface area contributed by atoms with E-state index in [9.17, 15) is 23.1 Å². The van der Waals surface area contributed by atoms with Crippen LogP contribution in [-0.2, 0) is 4.74 Å². The number of methoxy groups -OCH3 is 1. The summed E-state index contributed by atoms with van der Waals surface area (Å²) < 4.78 is 42.4. The SMILES string of the molecule is CCCC1=NN(C(=O)OC)[C@@](O)(C(F)(F)F)C1. The van der Waals surface area contributed by atoms with Crippen molar-refractivity contribution in [2.75, 3.05) is 7.11 Å². The molecule has 0 aromatic carbocycles. The van der Waals surface area contributed by atoms with Crippen molar-refractivity contribution in [2.24, 2.45) is 5.10 Å². The molecule has 0 bridgehead atoms. The minimum absolute atomic E-state index is 0.0437. The van der Waals surface area contributed by atoms with Crippen LogP contribution in [0.5, 0.6) is 0 Å². The van der Waals surface area contributed by atoms with Crippen molar-refractivity contribution < 1.29 is 27.8 Å². The molecule has 1 amide bonds. The minimum Gasteiger partial charge on any atom is -0.451 e. The molecule has 0 saturated carbocycles. The average molecular weight is 254 g/mol. The number of halogens is 3. The van der Waals surface area contributed by atoms with Crippen LogP contribution >= 0.6 is 0 Å². The van der Waals surface area contributed by atoms with E-state index < -0.39 is 24.4 Å². The van der Waals surface area contributed by atoms with Crippen molar-refractivity contribution in [3.05, 3.63) is 0 Å². The molecule has 1 aliphatic rings. The summed E-state index contributed by atoms with van der Waals surface area (Å²) in [6.07, 6.45) is -6.20. The van der Waals surface area contributed by atoms with Gasteiger partial charge in [-0.1, -0.05) is 13.3 Å². The molecule has 0 unspecified atom stereocenters. The van der Waals surface area contributed by atoms with Gasteiger partial charge in [0.25, 0.3) is 5.72 Å². The van der Waals surface area contributed by atoms with Gasteiger partial charge in [0, 0.05) is 12.1 Å². The van der Waals surface area contributed by atoms with Crippen LogP contribution in [0, 0.1) is 0 Å². The van der Waals surface area contributed by atoms with Gasteiger partial charge < -0.3 is 9.84 Å². The van der Waals surface area contributed by atoms with Crippen molar-refractivity contribution >= 4 is 11.8 Å². The summed E-state index contributed by atoms with van der Waals surface area (Å²) in [6, 6.07) is 0. The number of aliphatic hydroxyl groups is 1. The lowest BCUT2D eigenvalue weighted by Crippen LogP contribution is -2.56. The zero-order chi connectivity index (χ0) is 13.3. The van der Waals surface area contributed by atoms with E-state index in [1.807, 2.05) is 0 Å². The third-order valence-electron chi connectivity index (χ3n) is 2.38. The fraction of sp³-hybridized carbons (Fsp3) is 0.778. The third kappa shape index (κ3) is 2.36. The van der Waals surface area contributed by atoms with Crippen molar-refractivity contribution in [1.82, 2.24) is 5.01 Å². The normalized spacial score (nSPS) is 24.8. The van der Waals surface area contributed by atoms with Crippen molar-refractivity contribution in [3.8, 4) is 0 Å². The maximum absolute atomic E-state index is 12.7. The summed E-state index contributed by atoms with van der Waals surface area (Å²) in [7, 11) is 0.923. The van der Waals surface area contributed by atoms with Gasteiger partial charge in [0.2, 0.25) is 0 Å². The monoisotopic (exact) mass is 254 g/mol. The van der Waals surface area contributed by atoms with Crippen molar-refractivity contribution in [3.63, 3.8) is 0 Å². The summed E-state index contributed by atoms with van der Waals surface area (Å²) >= 11 is 0. The number of carbonyl (C=O) groups is 1. The molecule has 8 heteroatoms. The molecule has 5 nitrogen and oxygen atoms in total. The molecule has 98 valence electrons. The number of rotatable bonds is 2. The van der Waals surface area contributed by atoms with Gasteiger partial charge in [-0.25, -0.2) is 4.79 Å². The number of nitrogens with zero attached hydrogens (tertiary/aromatic N) is 2. The standard InChI is InChI=1S/C9H13F3N2O3/c1-3-4-6-5-8(16,9(10,11)12)14(13-6)7(15)17-2/h16H,3-5H2,1-2H3/t8-/m0/s1. The Balaban J connectivity index is 3.04. The van der Waals surface area contributed by atoms with Crippen molar-refractivity contribution in [1.29, 1.82) is 0 Å². The summed E-state index contributed by atoms with van der Waals surface area (Å²) in [5.74, 6) is 0. The molecular formula is C9H13F3N2O3. The lowest BCUT2D eigenvalue weighted by molar-refractivity contribution is -0.299. The van der Waals surface area contributed by atoms with Gasteiger partial charge in [0.1, 0.15) is 0 Å². The number of hydrogen-bond acceptors (Lipinski definition) is 4. The number of carbonyl (C=O) groups excluding carboxylic acids is 1. The third-order valence-corrected chi connectivity index (χ3v) is 2.38. The molecule has 0 radical (unpaired) electrons. The summed E-state index contributed by atoms with van der Waals surface area (Å²) in [6.45, 7) is 1.76. The summed E-state index contributed by atoms with van der Waals surface area (Å²) in [4.78, 5) is 11.2. The van der Waals surface area contributed by atoms with E-state index in [1.165, 1.54) is 0 Å².